The van der Waals surface area contributed by atoms with Crippen molar-refractivity contribution in [3.05, 3.63) is 63.8 Å². The van der Waals surface area contributed by atoms with E-state index in [0.717, 1.165) is 32.4 Å². The van der Waals surface area contributed by atoms with Crippen LogP contribution in [0.2, 0.25) is 0 Å². The number of hydrogen-bond donors (Lipinski definition) is 0. The summed E-state index contributed by atoms with van der Waals surface area (Å²) < 4.78 is 14.3. The van der Waals surface area contributed by atoms with E-state index >= 15 is 0 Å². The van der Waals surface area contributed by atoms with Gasteiger partial charge in [-0.2, -0.15) is 0 Å². The number of ether oxygens (including phenoxy) is 2. The number of rotatable bonds is 6. The lowest BCUT2D eigenvalue weighted by atomic mass is 10.1. The van der Waals surface area contributed by atoms with Crippen LogP contribution in [0.4, 0.5) is 0 Å². The van der Waals surface area contributed by atoms with Crippen LogP contribution in [0, 0.1) is 6.92 Å². The van der Waals surface area contributed by atoms with Crippen molar-refractivity contribution in [3.8, 4) is 5.75 Å². The SMILES string of the molecule is CC.CCOC(=O)Cc1ccc(C)cc1OCc1cc(Br)c2ccn(C)c2c1. The van der Waals surface area contributed by atoms with E-state index in [1.165, 1.54) is 5.39 Å². The molecule has 0 aliphatic carbocycles. The van der Waals surface area contributed by atoms with Gasteiger partial charge in [0.2, 0.25) is 0 Å². The number of carbonyl (C=O) groups is 1. The van der Waals surface area contributed by atoms with E-state index in [9.17, 15) is 4.79 Å². The van der Waals surface area contributed by atoms with Crippen LogP contribution in [0.25, 0.3) is 10.9 Å². The first-order valence-corrected chi connectivity index (χ1v) is 10.4. The van der Waals surface area contributed by atoms with Crippen LogP contribution in [0.1, 0.15) is 37.5 Å². The zero-order valence-electron chi connectivity index (χ0n) is 17.2. The van der Waals surface area contributed by atoms with Gasteiger partial charge in [-0.3, -0.25) is 4.79 Å². The van der Waals surface area contributed by atoms with Crippen LogP contribution < -0.4 is 4.74 Å². The summed E-state index contributed by atoms with van der Waals surface area (Å²) >= 11 is 3.63. The zero-order chi connectivity index (χ0) is 20.7. The molecule has 0 amide bonds. The molecule has 4 nitrogen and oxygen atoms in total. The summed E-state index contributed by atoms with van der Waals surface area (Å²) in [5.74, 6) is 0.482. The Balaban J connectivity index is 0.00000136. The maximum Gasteiger partial charge on any atom is 0.310 e. The average molecular weight is 446 g/mol. The van der Waals surface area contributed by atoms with Crippen molar-refractivity contribution < 1.29 is 14.3 Å². The van der Waals surface area contributed by atoms with E-state index in [1.807, 2.05) is 59.1 Å². The van der Waals surface area contributed by atoms with Crippen LogP contribution >= 0.6 is 15.9 Å². The maximum absolute atomic E-state index is 11.8. The lowest BCUT2D eigenvalue weighted by Gasteiger charge is -2.13. The van der Waals surface area contributed by atoms with Gasteiger partial charge < -0.3 is 14.0 Å². The lowest BCUT2D eigenvalue weighted by Crippen LogP contribution is -2.09. The van der Waals surface area contributed by atoms with Crippen LogP contribution in [-0.2, 0) is 29.6 Å². The molecule has 0 saturated heterocycles. The van der Waals surface area contributed by atoms with Gasteiger partial charge in [-0.25, -0.2) is 0 Å². The minimum Gasteiger partial charge on any atom is -0.489 e. The number of benzene rings is 2. The third-order valence-electron chi connectivity index (χ3n) is 4.27. The highest BCUT2D eigenvalue weighted by Crippen LogP contribution is 2.28. The van der Waals surface area contributed by atoms with E-state index in [4.69, 9.17) is 9.47 Å². The number of aromatic nitrogens is 1. The first-order valence-electron chi connectivity index (χ1n) is 9.59. The number of nitrogens with zero attached hydrogens (tertiary/aromatic N) is 1. The van der Waals surface area contributed by atoms with Crippen LogP contribution in [-0.4, -0.2) is 17.1 Å². The smallest absolute Gasteiger partial charge is 0.310 e. The molecule has 0 aliphatic rings. The molecule has 0 aliphatic heterocycles. The van der Waals surface area contributed by atoms with E-state index in [-0.39, 0.29) is 12.4 Å². The van der Waals surface area contributed by atoms with Crippen LogP contribution in [0.3, 0.4) is 0 Å². The molecule has 1 aromatic heterocycles. The molecule has 0 fully saturated rings. The number of halogens is 1. The second-order valence-corrected chi connectivity index (χ2v) is 7.17. The third-order valence-corrected chi connectivity index (χ3v) is 4.93. The quantitative estimate of drug-likeness (QED) is 0.439. The molecular formula is C23H28BrNO3. The fourth-order valence-corrected chi connectivity index (χ4v) is 3.56. The van der Waals surface area contributed by atoms with Gasteiger partial charge in [0.05, 0.1) is 13.0 Å². The third kappa shape index (κ3) is 5.38. The molecule has 0 atom stereocenters. The molecule has 0 spiro atoms. The van der Waals surface area contributed by atoms with Gasteiger partial charge in [0.25, 0.3) is 0 Å². The Hall–Kier alpha value is -2.27. The summed E-state index contributed by atoms with van der Waals surface area (Å²) in [5.41, 5.74) is 4.14. The van der Waals surface area contributed by atoms with E-state index in [0.29, 0.717) is 13.2 Å². The van der Waals surface area contributed by atoms with Gasteiger partial charge in [0.15, 0.2) is 0 Å². The Morgan fingerprint density at radius 2 is 1.89 bits per heavy atom. The minimum absolute atomic E-state index is 0.212. The highest BCUT2D eigenvalue weighted by molar-refractivity contribution is 9.10. The number of hydrogen-bond acceptors (Lipinski definition) is 3. The monoisotopic (exact) mass is 445 g/mol. The fraction of sp³-hybridized carbons (Fsp3) is 0.348. The van der Waals surface area contributed by atoms with Gasteiger partial charge >= 0.3 is 5.97 Å². The fourth-order valence-electron chi connectivity index (χ4n) is 2.94. The van der Waals surface area contributed by atoms with Crippen LogP contribution in [0.15, 0.2) is 47.1 Å². The summed E-state index contributed by atoms with van der Waals surface area (Å²) in [6, 6.07) is 12.2. The molecule has 0 bridgehead atoms. The second-order valence-electron chi connectivity index (χ2n) is 6.32. The molecule has 28 heavy (non-hydrogen) atoms. The summed E-state index contributed by atoms with van der Waals surface area (Å²) in [6.07, 6.45) is 2.25. The molecule has 5 heteroatoms. The Kier molecular flexibility index (Phi) is 8.12. The van der Waals surface area contributed by atoms with E-state index in [2.05, 4.69) is 38.7 Å². The number of aryl methyl sites for hydroxylation is 2. The standard InChI is InChI=1S/C21H22BrNO3.C2H6/c1-4-25-21(24)12-16-6-5-14(2)9-20(16)26-13-15-10-18(22)17-7-8-23(3)19(17)11-15;1-2/h5-11H,4,12-13H2,1-3H3;1-2H3. The van der Waals surface area contributed by atoms with Crippen molar-refractivity contribution in [1.82, 2.24) is 4.57 Å². The topological polar surface area (TPSA) is 40.5 Å². The first kappa shape index (κ1) is 22.0. The van der Waals surface area contributed by atoms with Crippen molar-refractivity contribution >= 4 is 32.8 Å². The lowest BCUT2D eigenvalue weighted by molar-refractivity contribution is -0.142. The number of carbonyl (C=O) groups excluding carboxylic acids is 1. The van der Waals surface area contributed by atoms with Crippen LogP contribution in [0.5, 0.6) is 5.75 Å². The average Bonchev–Trinajstić information content (AvgIpc) is 3.05. The highest BCUT2D eigenvalue weighted by atomic mass is 79.9. The summed E-state index contributed by atoms with van der Waals surface area (Å²) in [7, 11) is 2.03. The Labute approximate surface area is 175 Å². The molecule has 0 saturated carbocycles. The number of fused-ring (bicyclic) bond motifs is 1. The minimum atomic E-state index is -0.242. The molecule has 2 aromatic carbocycles. The summed E-state index contributed by atoms with van der Waals surface area (Å²) in [6.45, 7) is 8.63. The first-order chi connectivity index (χ1) is 13.5. The highest BCUT2D eigenvalue weighted by Gasteiger charge is 2.12. The Morgan fingerprint density at radius 1 is 1.14 bits per heavy atom. The molecule has 3 rings (SSSR count). The number of esters is 1. The summed E-state index contributed by atoms with van der Waals surface area (Å²) in [4.78, 5) is 11.8. The predicted molar refractivity (Wildman–Crippen MR) is 118 cm³/mol. The molecule has 150 valence electrons. The van der Waals surface area contributed by atoms with Crippen molar-refractivity contribution in [1.29, 1.82) is 0 Å². The van der Waals surface area contributed by atoms with Crippen molar-refractivity contribution in [3.63, 3.8) is 0 Å². The zero-order valence-corrected chi connectivity index (χ0v) is 18.8. The molecular weight excluding hydrogens is 418 g/mol. The molecule has 0 unspecified atom stereocenters. The van der Waals surface area contributed by atoms with Gasteiger partial charge in [0, 0.05) is 34.2 Å². The van der Waals surface area contributed by atoms with Gasteiger partial charge in [-0.1, -0.05) is 41.9 Å². The van der Waals surface area contributed by atoms with Crippen molar-refractivity contribution in [2.24, 2.45) is 7.05 Å². The molecule has 3 aromatic rings. The second kappa shape index (κ2) is 10.3. The summed E-state index contributed by atoms with van der Waals surface area (Å²) in [5, 5.41) is 1.18. The van der Waals surface area contributed by atoms with Gasteiger partial charge in [0.1, 0.15) is 12.4 Å². The molecule has 1 heterocycles. The van der Waals surface area contributed by atoms with Gasteiger partial charge in [-0.05, 0) is 49.2 Å². The molecule has 0 radical (unpaired) electrons. The predicted octanol–water partition coefficient (Wildman–Crippen LogP) is 5.96. The van der Waals surface area contributed by atoms with Crippen molar-refractivity contribution in [2.75, 3.05) is 6.61 Å². The van der Waals surface area contributed by atoms with E-state index in [1.54, 1.807) is 0 Å². The largest absolute Gasteiger partial charge is 0.489 e. The van der Waals surface area contributed by atoms with Crippen molar-refractivity contribution in [2.45, 2.75) is 40.7 Å². The van der Waals surface area contributed by atoms with Gasteiger partial charge in [-0.15, -0.1) is 0 Å². The molecule has 0 N–H and O–H groups in total. The van der Waals surface area contributed by atoms with E-state index < -0.39 is 0 Å². The normalized spacial score (nSPS) is 10.4. The Morgan fingerprint density at radius 3 is 2.61 bits per heavy atom. The Bertz CT molecular complexity index is 946. The maximum atomic E-state index is 11.8.